The monoisotopic (exact) mass is 528 g/mol. The van der Waals surface area contributed by atoms with Crippen LogP contribution in [0.2, 0.25) is 0 Å². The fraction of sp³-hybridized carbons (Fsp3) is 0.312. The molecular weight excluding hydrogens is 495 g/mol. The summed E-state index contributed by atoms with van der Waals surface area (Å²) in [6, 6.07) is 21.6. The molecule has 202 valence electrons. The number of ether oxygens (including phenoxy) is 3. The summed E-state index contributed by atoms with van der Waals surface area (Å²) in [6.07, 6.45) is 4.94. The van der Waals surface area contributed by atoms with Crippen molar-refractivity contribution >= 4 is 17.7 Å². The molecule has 0 bridgehead atoms. The highest BCUT2D eigenvalue weighted by atomic mass is 19.1. The van der Waals surface area contributed by atoms with E-state index >= 15 is 0 Å². The summed E-state index contributed by atoms with van der Waals surface area (Å²) in [5, 5.41) is 6.42. The second kappa shape index (κ2) is 12.2. The SMILES string of the molecule is CCOc1ccc(/C=C2\CCC[C@@H]3C2=NN(C(=O)COc2ccccc2F)[C@H]3c2ccc(OCC)cc2)cc1. The van der Waals surface area contributed by atoms with E-state index in [1.165, 1.54) is 17.1 Å². The maximum absolute atomic E-state index is 14.1. The predicted molar refractivity (Wildman–Crippen MR) is 149 cm³/mol. The number of halogens is 1. The van der Waals surface area contributed by atoms with Crippen molar-refractivity contribution in [3.63, 3.8) is 0 Å². The Kier molecular flexibility index (Phi) is 8.25. The Labute approximate surface area is 228 Å². The number of rotatable bonds is 9. The zero-order chi connectivity index (χ0) is 27.2. The van der Waals surface area contributed by atoms with E-state index in [0.29, 0.717) is 13.2 Å². The molecule has 0 unspecified atom stereocenters. The van der Waals surface area contributed by atoms with Crippen LogP contribution in [0.25, 0.3) is 6.08 Å². The van der Waals surface area contributed by atoms with Gasteiger partial charge in [-0.05, 0) is 92.3 Å². The lowest BCUT2D eigenvalue weighted by Gasteiger charge is -2.29. The Morgan fingerprint density at radius 3 is 2.28 bits per heavy atom. The molecule has 0 saturated heterocycles. The van der Waals surface area contributed by atoms with Crippen LogP contribution < -0.4 is 14.2 Å². The van der Waals surface area contributed by atoms with Crippen LogP contribution in [0.4, 0.5) is 4.39 Å². The number of benzene rings is 3. The zero-order valence-electron chi connectivity index (χ0n) is 22.3. The Bertz CT molecular complexity index is 1350. The van der Waals surface area contributed by atoms with Crippen LogP contribution >= 0.6 is 0 Å². The molecular formula is C32H33FN2O4. The third-order valence-corrected chi connectivity index (χ3v) is 7.01. The summed E-state index contributed by atoms with van der Waals surface area (Å²) in [4.78, 5) is 13.5. The van der Waals surface area contributed by atoms with E-state index in [4.69, 9.17) is 19.3 Å². The number of hydrogen-bond acceptors (Lipinski definition) is 5. The Morgan fingerprint density at radius 1 is 0.949 bits per heavy atom. The third-order valence-electron chi connectivity index (χ3n) is 7.01. The van der Waals surface area contributed by atoms with Crippen LogP contribution in [0, 0.1) is 11.7 Å². The number of para-hydroxylation sites is 1. The first kappa shape index (κ1) is 26.5. The predicted octanol–water partition coefficient (Wildman–Crippen LogP) is 6.83. The lowest BCUT2D eigenvalue weighted by molar-refractivity contribution is -0.135. The summed E-state index contributed by atoms with van der Waals surface area (Å²) in [5.74, 6) is 0.879. The summed E-state index contributed by atoms with van der Waals surface area (Å²) >= 11 is 0. The average Bonchev–Trinajstić information content (AvgIpc) is 3.35. The minimum Gasteiger partial charge on any atom is -0.494 e. The van der Waals surface area contributed by atoms with Gasteiger partial charge in [0.05, 0.1) is 25.0 Å². The number of hydrogen-bond donors (Lipinski definition) is 0. The number of fused-ring (bicyclic) bond motifs is 1. The Morgan fingerprint density at radius 2 is 1.62 bits per heavy atom. The van der Waals surface area contributed by atoms with Gasteiger partial charge < -0.3 is 14.2 Å². The van der Waals surface area contributed by atoms with E-state index in [1.54, 1.807) is 12.1 Å². The van der Waals surface area contributed by atoms with E-state index in [1.807, 2.05) is 62.4 Å². The first-order valence-electron chi connectivity index (χ1n) is 13.5. The molecule has 3 aromatic rings. The molecule has 0 N–H and O–H groups in total. The van der Waals surface area contributed by atoms with Crippen molar-refractivity contribution in [1.29, 1.82) is 0 Å². The van der Waals surface area contributed by atoms with Crippen molar-refractivity contribution in [3.8, 4) is 17.2 Å². The molecule has 0 radical (unpaired) electrons. The lowest BCUT2D eigenvalue weighted by Crippen LogP contribution is -2.34. The molecule has 39 heavy (non-hydrogen) atoms. The van der Waals surface area contributed by atoms with Crippen molar-refractivity contribution in [3.05, 3.63) is 95.3 Å². The summed E-state index contributed by atoms with van der Waals surface area (Å²) in [5.41, 5.74) is 4.08. The van der Waals surface area contributed by atoms with Gasteiger partial charge in [-0.3, -0.25) is 4.79 Å². The molecule has 2 atom stereocenters. The normalized spacial score (nSPS) is 19.4. The molecule has 5 rings (SSSR count). The Hall–Kier alpha value is -4.13. The minimum absolute atomic E-state index is 0.0445. The Balaban J connectivity index is 1.45. The fourth-order valence-electron chi connectivity index (χ4n) is 5.26. The van der Waals surface area contributed by atoms with Crippen molar-refractivity contribution in [2.24, 2.45) is 11.0 Å². The van der Waals surface area contributed by atoms with E-state index < -0.39 is 5.82 Å². The van der Waals surface area contributed by atoms with E-state index in [-0.39, 0.29) is 30.2 Å². The molecule has 6 nitrogen and oxygen atoms in total. The van der Waals surface area contributed by atoms with Crippen LogP contribution in [0.15, 0.2) is 83.5 Å². The van der Waals surface area contributed by atoms with Gasteiger partial charge in [0.25, 0.3) is 5.91 Å². The topological polar surface area (TPSA) is 60.4 Å². The second-order valence-electron chi connectivity index (χ2n) is 9.56. The number of carbonyl (C=O) groups excluding carboxylic acids is 1. The van der Waals surface area contributed by atoms with Gasteiger partial charge in [-0.15, -0.1) is 0 Å². The molecule has 0 aromatic heterocycles. The van der Waals surface area contributed by atoms with Gasteiger partial charge in [-0.1, -0.05) is 36.4 Å². The number of nitrogens with zero attached hydrogens (tertiary/aromatic N) is 2. The standard InChI is InChI=1S/C32H33FN2O4/c1-3-37-25-16-12-22(13-17-25)20-24-8-7-9-27-31(24)34-35(30(36)21-39-29-11-6-5-10-28(29)33)32(27)23-14-18-26(19-15-23)38-4-2/h5-6,10-20,27,32H,3-4,7-9,21H2,1-2H3/b24-20+/t27-,32+/m1/s1. The number of amides is 1. The maximum atomic E-state index is 14.1. The molecule has 1 fully saturated rings. The van der Waals surface area contributed by atoms with Gasteiger partial charge in [0, 0.05) is 5.92 Å². The van der Waals surface area contributed by atoms with E-state index in [9.17, 15) is 9.18 Å². The molecule has 7 heteroatoms. The van der Waals surface area contributed by atoms with Crippen LogP contribution in [0.3, 0.4) is 0 Å². The average molecular weight is 529 g/mol. The first-order chi connectivity index (χ1) is 19.1. The highest BCUT2D eigenvalue weighted by molar-refractivity contribution is 6.08. The van der Waals surface area contributed by atoms with Crippen molar-refractivity contribution < 1.29 is 23.4 Å². The molecule has 1 heterocycles. The molecule has 2 aliphatic rings. The molecule has 1 aliphatic carbocycles. The van der Waals surface area contributed by atoms with Gasteiger partial charge in [0.1, 0.15) is 11.5 Å². The van der Waals surface area contributed by atoms with Crippen molar-refractivity contribution in [2.45, 2.75) is 39.2 Å². The van der Waals surface area contributed by atoms with Crippen LogP contribution in [-0.4, -0.2) is 36.4 Å². The zero-order valence-corrected chi connectivity index (χ0v) is 22.3. The third kappa shape index (κ3) is 5.98. The summed E-state index contributed by atoms with van der Waals surface area (Å²) < 4.78 is 30.9. The largest absolute Gasteiger partial charge is 0.494 e. The van der Waals surface area contributed by atoms with Crippen LogP contribution in [0.1, 0.15) is 50.3 Å². The maximum Gasteiger partial charge on any atom is 0.281 e. The minimum atomic E-state index is -0.504. The summed E-state index contributed by atoms with van der Waals surface area (Å²) in [6.45, 7) is 4.80. The van der Waals surface area contributed by atoms with Crippen LogP contribution in [0.5, 0.6) is 17.2 Å². The molecule has 3 aromatic carbocycles. The highest BCUT2D eigenvalue weighted by Crippen LogP contribution is 2.44. The van der Waals surface area contributed by atoms with Gasteiger partial charge in [0.15, 0.2) is 18.2 Å². The fourth-order valence-corrected chi connectivity index (χ4v) is 5.26. The van der Waals surface area contributed by atoms with Gasteiger partial charge >= 0.3 is 0 Å². The molecule has 0 spiro atoms. The highest BCUT2D eigenvalue weighted by Gasteiger charge is 2.43. The summed E-state index contributed by atoms with van der Waals surface area (Å²) in [7, 11) is 0. The number of allylic oxidation sites excluding steroid dienone is 1. The quantitative estimate of drug-likeness (QED) is 0.306. The van der Waals surface area contributed by atoms with Crippen molar-refractivity contribution in [2.75, 3.05) is 19.8 Å². The number of carbonyl (C=O) groups is 1. The van der Waals surface area contributed by atoms with Gasteiger partial charge in [0.2, 0.25) is 0 Å². The van der Waals surface area contributed by atoms with Crippen molar-refractivity contribution in [1.82, 2.24) is 5.01 Å². The molecule has 1 aliphatic heterocycles. The first-order valence-corrected chi connectivity index (χ1v) is 13.5. The second-order valence-corrected chi connectivity index (χ2v) is 9.56. The number of hydrazone groups is 1. The molecule has 1 amide bonds. The molecule has 1 saturated carbocycles. The van der Waals surface area contributed by atoms with Gasteiger partial charge in [-0.2, -0.15) is 5.10 Å². The van der Waals surface area contributed by atoms with E-state index in [2.05, 4.69) is 6.08 Å². The van der Waals surface area contributed by atoms with Gasteiger partial charge in [-0.25, -0.2) is 9.40 Å². The van der Waals surface area contributed by atoms with E-state index in [0.717, 1.165) is 53.2 Å². The lowest BCUT2D eigenvalue weighted by atomic mass is 9.77. The smallest absolute Gasteiger partial charge is 0.281 e. The van der Waals surface area contributed by atoms with Crippen LogP contribution in [-0.2, 0) is 4.79 Å².